The lowest BCUT2D eigenvalue weighted by Crippen LogP contribution is -2.01. The Morgan fingerprint density at radius 1 is 0.255 bits per heavy atom. The third-order valence-electron chi connectivity index (χ3n) is 10.3. The summed E-state index contributed by atoms with van der Waals surface area (Å²) in [6, 6.07) is 72.3. The summed E-state index contributed by atoms with van der Waals surface area (Å²) in [6.45, 7) is 0. The molecule has 0 amide bonds. The molecule has 4 heteroatoms. The Kier molecular flexibility index (Phi) is 8.12. The number of nitrogens with zero attached hydrogens (tertiary/aromatic N) is 4. The summed E-state index contributed by atoms with van der Waals surface area (Å²) in [7, 11) is 0. The highest BCUT2D eigenvalue weighted by Crippen LogP contribution is 2.38. The van der Waals surface area contributed by atoms with E-state index in [2.05, 4.69) is 174 Å². The summed E-state index contributed by atoms with van der Waals surface area (Å²) in [5.74, 6) is 1.89. The first kappa shape index (κ1) is 32.2. The van der Waals surface area contributed by atoms with E-state index in [-0.39, 0.29) is 0 Å². The molecule has 0 spiro atoms. The van der Waals surface area contributed by atoms with Crippen molar-refractivity contribution in [3.8, 4) is 73.2 Å². The normalized spacial score (nSPS) is 11.3. The van der Waals surface area contributed by atoms with Gasteiger partial charge in [0.05, 0.1) is 11.0 Å². The van der Waals surface area contributed by atoms with Crippen LogP contribution in [0.2, 0.25) is 0 Å². The smallest absolute Gasteiger partial charge is 0.164 e. The molecule has 258 valence electrons. The van der Waals surface area contributed by atoms with E-state index in [9.17, 15) is 0 Å². The van der Waals surface area contributed by atoms with Gasteiger partial charge < -0.3 is 4.57 Å². The van der Waals surface area contributed by atoms with Crippen LogP contribution in [0.25, 0.3) is 95.0 Å². The summed E-state index contributed by atoms with van der Waals surface area (Å²) in [5.41, 5.74) is 13.2. The summed E-state index contributed by atoms with van der Waals surface area (Å²) in [6.07, 6.45) is 0. The molecule has 4 nitrogen and oxygen atoms in total. The third kappa shape index (κ3) is 6.16. The fourth-order valence-corrected chi connectivity index (χ4v) is 7.50. The predicted octanol–water partition coefficient (Wildman–Crippen LogP) is 13.0. The van der Waals surface area contributed by atoms with Gasteiger partial charge in [-0.15, -0.1) is 0 Å². The Labute approximate surface area is 319 Å². The lowest BCUT2D eigenvalue weighted by molar-refractivity contribution is 1.07. The molecule has 0 saturated carbocycles. The van der Waals surface area contributed by atoms with Crippen molar-refractivity contribution < 1.29 is 0 Å². The average Bonchev–Trinajstić information content (AvgIpc) is 3.60. The van der Waals surface area contributed by atoms with Crippen molar-refractivity contribution in [1.82, 2.24) is 19.5 Å². The van der Waals surface area contributed by atoms with E-state index in [1.807, 2.05) is 36.4 Å². The number of hydrogen-bond donors (Lipinski definition) is 0. The summed E-state index contributed by atoms with van der Waals surface area (Å²) in [5, 5.41) is 2.40. The van der Waals surface area contributed by atoms with Crippen LogP contribution in [0.5, 0.6) is 0 Å². The van der Waals surface area contributed by atoms with Gasteiger partial charge in [-0.2, -0.15) is 0 Å². The largest absolute Gasteiger partial charge is 0.309 e. The summed E-state index contributed by atoms with van der Waals surface area (Å²) < 4.78 is 2.36. The van der Waals surface area contributed by atoms with Crippen molar-refractivity contribution in [3.05, 3.63) is 206 Å². The van der Waals surface area contributed by atoms with Gasteiger partial charge in [-0.25, -0.2) is 15.0 Å². The average molecular weight is 703 g/mol. The molecular formula is C51H34N4. The van der Waals surface area contributed by atoms with Gasteiger partial charge in [0, 0.05) is 33.2 Å². The first-order valence-electron chi connectivity index (χ1n) is 18.5. The maximum absolute atomic E-state index is 5.11. The molecule has 0 fully saturated rings. The quantitative estimate of drug-likeness (QED) is 0.166. The van der Waals surface area contributed by atoms with E-state index in [4.69, 9.17) is 15.0 Å². The topological polar surface area (TPSA) is 43.6 Å². The number of rotatable bonds is 7. The highest BCUT2D eigenvalue weighted by atomic mass is 15.0. The van der Waals surface area contributed by atoms with Crippen LogP contribution >= 0.6 is 0 Å². The van der Waals surface area contributed by atoms with E-state index >= 15 is 0 Å². The second-order valence-electron chi connectivity index (χ2n) is 13.7. The van der Waals surface area contributed by atoms with Crippen LogP contribution in [0.15, 0.2) is 206 Å². The first-order valence-corrected chi connectivity index (χ1v) is 18.5. The highest BCUT2D eigenvalue weighted by molar-refractivity contribution is 6.11. The number of fused-ring (bicyclic) bond motifs is 3. The zero-order valence-corrected chi connectivity index (χ0v) is 29.9. The van der Waals surface area contributed by atoms with Crippen LogP contribution in [0.4, 0.5) is 0 Å². The van der Waals surface area contributed by atoms with Gasteiger partial charge in [0.2, 0.25) is 0 Å². The molecule has 0 N–H and O–H groups in total. The van der Waals surface area contributed by atoms with Gasteiger partial charge in [-0.1, -0.05) is 170 Å². The lowest BCUT2D eigenvalue weighted by atomic mass is 10.0. The Hall–Kier alpha value is -7.43. The minimum atomic E-state index is 0.622. The van der Waals surface area contributed by atoms with Gasteiger partial charge in [-0.05, 0) is 69.8 Å². The Balaban J connectivity index is 1.13. The second-order valence-corrected chi connectivity index (χ2v) is 13.7. The molecule has 0 bridgehead atoms. The van der Waals surface area contributed by atoms with Crippen LogP contribution < -0.4 is 0 Å². The fraction of sp³-hybridized carbons (Fsp3) is 0. The molecule has 10 rings (SSSR count). The molecule has 0 aliphatic heterocycles. The van der Waals surface area contributed by atoms with Crippen LogP contribution in [0.3, 0.4) is 0 Å². The van der Waals surface area contributed by atoms with Crippen molar-refractivity contribution in [2.24, 2.45) is 0 Å². The second kappa shape index (κ2) is 13.8. The standard InChI is InChI=1S/C51H34N4/c1-5-14-35(15-6-1)38-24-26-40(27-25-38)50-52-49(39-20-11-4-12-21-39)53-51(54-50)43-22-13-23-44(32-43)55-47-30-28-41(36-16-7-2-8-17-36)33-45(47)46-34-42(29-31-48(46)55)37-18-9-3-10-19-37/h1-34H. The van der Waals surface area contributed by atoms with Crippen LogP contribution in [-0.4, -0.2) is 19.5 Å². The molecular weight excluding hydrogens is 669 g/mol. The molecule has 8 aromatic carbocycles. The highest BCUT2D eigenvalue weighted by Gasteiger charge is 2.17. The Bertz CT molecular complexity index is 2840. The molecule has 0 saturated heterocycles. The van der Waals surface area contributed by atoms with Crippen molar-refractivity contribution >= 4 is 21.8 Å². The maximum Gasteiger partial charge on any atom is 0.164 e. The van der Waals surface area contributed by atoms with E-state index in [1.165, 1.54) is 38.6 Å². The number of hydrogen-bond acceptors (Lipinski definition) is 3. The van der Waals surface area contributed by atoms with Crippen LogP contribution in [0.1, 0.15) is 0 Å². The summed E-state index contributed by atoms with van der Waals surface area (Å²) in [4.78, 5) is 15.2. The third-order valence-corrected chi connectivity index (χ3v) is 10.3. The zero-order valence-electron chi connectivity index (χ0n) is 29.9. The van der Waals surface area contributed by atoms with Crippen molar-refractivity contribution in [2.45, 2.75) is 0 Å². The van der Waals surface area contributed by atoms with Gasteiger partial charge in [0.1, 0.15) is 0 Å². The lowest BCUT2D eigenvalue weighted by Gasteiger charge is -2.12. The SMILES string of the molecule is c1ccc(-c2ccc(-c3nc(-c4ccccc4)nc(-c4cccc(-n5c6ccc(-c7ccccc7)cc6c6cc(-c7ccccc7)ccc65)c4)n3)cc2)cc1. The molecule has 55 heavy (non-hydrogen) atoms. The number of aromatic nitrogens is 4. The maximum atomic E-state index is 5.11. The molecule has 0 unspecified atom stereocenters. The van der Waals surface area contributed by atoms with Gasteiger partial charge in [-0.3, -0.25) is 0 Å². The van der Waals surface area contributed by atoms with Crippen molar-refractivity contribution in [2.75, 3.05) is 0 Å². The van der Waals surface area contributed by atoms with Crippen LogP contribution in [-0.2, 0) is 0 Å². The van der Waals surface area contributed by atoms with Crippen molar-refractivity contribution in [1.29, 1.82) is 0 Å². The molecule has 2 aromatic heterocycles. The van der Waals surface area contributed by atoms with E-state index in [0.29, 0.717) is 17.5 Å². The van der Waals surface area contributed by atoms with Crippen molar-refractivity contribution in [3.63, 3.8) is 0 Å². The molecule has 0 radical (unpaired) electrons. The molecule has 10 aromatic rings. The van der Waals surface area contributed by atoms with Gasteiger partial charge in [0.25, 0.3) is 0 Å². The minimum Gasteiger partial charge on any atom is -0.309 e. The molecule has 0 aliphatic rings. The number of benzene rings is 8. The summed E-state index contributed by atoms with van der Waals surface area (Å²) >= 11 is 0. The zero-order chi connectivity index (χ0) is 36.6. The minimum absolute atomic E-state index is 0.622. The first-order chi connectivity index (χ1) is 27.2. The van der Waals surface area contributed by atoms with Gasteiger partial charge in [0.15, 0.2) is 17.5 Å². The van der Waals surface area contributed by atoms with E-state index < -0.39 is 0 Å². The van der Waals surface area contributed by atoms with Crippen LogP contribution in [0, 0.1) is 0 Å². The molecule has 2 heterocycles. The Morgan fingerprint density at radius 3 is 1.09 bits per heavy atom. The van der Waals surface area contributed by atoms with E-state index in [1.54, 1.807) is 0 Å². The van der Waals surface area contributed by atoms with Gasteiger partial charge >= 0.3 is 0 Å². The monoisotopic (exact) mass is 702 g/mol. The Morgan fingerprint density at radius 2 is 0.600 bits per heavy atom. The van der Waals surface area contributed by atoms with E-state index in [0.717, 1.165) is 39.0 Å². The molecule has 0 atom stereocenters. The fourth-order valence-electron chi connectivity index (χ4n) is 7.50. The predicted molar refractivity (Wildman–Crippen MR) is 227 cm³/mol. The molecule has 0 aliphatic carbocycles.